The van der Waals surface area contributed by atoms with Crippen LogP contribution in [0.25, 0.3) is 0 Å². The zero-order chi connectivity index (χ0) is 18.2. The number of thioether (sulfide) groups is 1. The van der Waals surface area contributed by atoms with Crippen LogP contribution in [-0.2, 0) is 12.0 Å². The summed E-state index contributed by atoms with van der Waals surface area (Å²) in [6.45, 7) is 8.09. The molecule has 0 bridgehead atoms. The van der Waals surface area contributed by atoms with E-state index in [1.54, 1.807) is 31.1 Å². The highest BCUT2D eigenvalue weighted by atomic mass is 32.2. The van der Waals surface area contributed by atoms with E-state index >= 15 is 0 Å². The third kappa shape index (κ3) is 3.92. The van der Waals surface area contributed by atoms with Crippen molar-refractivity contribution in [2.75, 3.05) is 0 Å². The van der Waals surface area contributed by atoms with Gasteiger partial charge in [0.15, 0.2) is 16.8 Å². The Labute approximate surface area is 151 Å². The zero-order valence-electron chi connectivity index (χ0n) is 14.9. The molecule has 0 aliphatic carbocycles. The molecule has 1 aliphatic rings. The fourth-order valence-corrected chi connectivity index (χ4v) is 4.43. The summed E-state index contributed by atoms with van der Waals surface area (Å²) >= 11 is 1.59. The van der Waals surface area contributed by atoms with Crippen molar-refractivity contribution < 1.29 is 9.21 Å². The number of pyridine rings is 1. The van der Waals surface area contributed by atoms with E-state index in [4.69, 9.17) is 10.2 Å². The second-order valence-electron chi connectivity index (χ2n) is 7.20. The number of aliphatic imine (C=N–C) groups is 1. The van der Waals surface area contributed by atoms with Gasteiger partial charge in [-0.1, -0.05) is 25.6 Å². The maximum Gasteiger partial charge on any atom is 0.191 e. The van der Waals surface area contributed by atoms with Gasteiger partial charge < -0.3 is 10.2 Å². The van der Waals surface area contributed by atoms with Gasteiger partial charge in [0.05, 0.1) is 5.54 Å². The van der Waals surface area contributed by atoms with Gasteiger partial charge in [-0.2, -0.15) is 0 Å². The number of ketones is 1. The van der Waals surface area contributed by atoms with Gasteiger partial charge >= 0.3 is 0 Å². The Morgan fingerprint density at radius 1 is 1.36 bits per heavy atom. The average Bonchev–Trinajstić information content (AvgIpc) is 2.92. The summed E-state index contributed by atoms with van der Waals surface area (Å²) in [5, 5.41) is 0.582. The van der Waals surface area contributed by atoms with Crippen LogP contribution in [0.4, 0.5) is 0 Å². The van der Waals surface area contributed by atoms with Crippen LogP contribution in [0, 0.1) is 6.92 Å². The number of amidine groups is 1. The molecule has 2 aromatic rings. The van der Waals surface area contributed by atoms with E-state index in [1.165, 1.54) is 6.26 Å². The van der Waals surface area contributed by atoms with Crippen LogP contribution in [0.5, 0.6) is 0 Å². The van der Waals surface area contributed by atoms with Crippen LogP contribution in [0.3, 0.4) is 0 Å². The summed E-state index contributed by atoms with van der Waals surface area (Å²) in [5.74, 6) is 0.387. The van der Waals surface area contributed by atoms with Crippen molar-refractivity contribution in [3.63, 3.8) is 0 Å². The number of oxazole rings is 1. The second kappa shape index (κ2) is 6.29. The van der Waals surface area contributed by atoms with Crippen molar-refractivity contribution in [3.8, 4) is 0 Å². The zero-order valence-corrected chi connectivity index (χ0v) is 15.7. The second-order valence-corrected chi connectivity index (χ2v) is 8.92. The molecule has 3 heterocycles. The fraction of sp³-hybridized carbons (Fsp3) is 0.444. The molecule has 0 saturated carbocycles. The standard InChI is InChI=1S/C18H22N4O2S/c1-11-21-14(9-24-11)15(23)6-12-5-13(8-20-7-12)18(4)10-17(2,3)25-16(19)22-18/h5,7-9H,6,10H2,1-4H3,(H2,19,22)/t18-/m0/s1. The third-order valence-corrected chi connectivity index (χ3v) is 5.19. The molecule has 3 rings (SSSR count). The summed E-state index contributed by atoms with van der Waals surface area (Å²) in [7, 11) is 0. The van der Waals surface area contributed by atoms with Crippen LogP contribution in [0.15, 0.2) is 34.1 Å². The van der Waals surface area contributed by atoms with Crippen LogP contribution in [0.2, 0.25) is 0 Å². The number of carbonyl (C=O) groups is 1. The number of hydrogen-bond donors (Lipinski definition) is 1. The SMILES string of the molecule is Cc1nc(C(=O)Cc2cncc([C@]3(C)CC(C)(C)SC(N)=N3)c2)co1. The first-order chi connectivity index (χ1) is 11.7. The predicted molar refractivity (Wildman–Crippen MR) is 98.8 cm³/mol. The molecule has 2 aromatic heterocycles. The number of carbonyl (C=O) groups excluding carboxylic acids is 1. The number of Topliss-reactive ketones (excluding diaryl/α,β-unsaturated/α-hetero) is 1. The van der Waals surface area contributed by atoms with Crippen molar-refractivity contribution in [2.24, 2.45) is 10.7 Å². The Morgan fingerprint density at radius 3 is 2.76 bits per heavy atom. The third-order valence-electron chi connectivity index (χ3n) is 4.19. The first kappa shape index (κ1) is 17.7. The lowest BCUT2D eigenvalue weighted by Crippen LogP contribution is -2.38. The molecule has 0 radical (unpaired) electrons. The first-order valence-corrected chi connectivity index (χ1v) is 8.93. The molecule has 7 heteroatoms. The molecule has 6 nitrogen and oxygen atoms in total. The van der Waals surface area contributed by atoms with Crippen LogP contribution in [0.1, 0.15) is 54.7 Å². The van der Waals surface area contributed by atoms with Crippen LogP contribution in [-0.4, -0.2) is 25.7 Å². The Balaban J connectivity index is 1.86. The molecular weight excluding hydrogens is 336 g/mol. The van der Waals surface area contributed by atoms with Crippen molar-refractivity contribution in [3.05, 3.63) is 47.4 Å². The molecule has 0 unspecified atom stereocenters. The molecular formula is C18H22N4O2S. The van der Waals surface area contributed by atoms with E-state index in [9.17, 15) is 4.79 Å². The molecule has 132 valence electrons. The molecule has 0 fully saturated rings. The Kier molecular flexibility index (Phi) is 4.45. The minimum absolute atomic E-state index is 0.00928. The van der Waals surface area contributed by atoms with Gasteiger partial charge in [0.1, 0.15) is 12.0 Å². The maximum absolute atomic E-state index is 12.3. The summed E-state index contributed by atoms with van der Waals surface area (Å²) in [6, 6.07) is 1.99. The van der Waals surface area contributed by atoms with Crippen molar-refractivity contribution in [1.29, 1.82) is 0 Å². The van der Waals surface area contributed by atoms with E-state index in [0.29, 0.717) is 16.8 Å². The molecule has 1 atom stereocenters. The monoisotopic (exact) mass is 358 g/mol. The lowest BCUT2D eigenvalue weighted by molar-refractivity contribution is 0.0988. The lowest BCUT2D eigenvalue weighted by atomic mass is 9.84. The number of nitrogens with zero attached hydrogens (tertiary/aromatic N) is 3. The minimum atomic E-state index is -0.449. The normalized spacial score (nSPS) is 22.5. The summed E-state index contributed by atoms with van der Waals surface area (Å²) in [6.07, 6.45) is 5.96. The summed E-state index contributed by atoms with van der Waals surface area (Å²) < 4.78 is 5.10. The van der Waals surface area contributed by atoms with Crippen molar-refractivity contribution in [2.45, 2.75) is 50.8 Å². The molecule has 0 aromatic carbocycles. The highest BCUT2D eigenvalue weighted by Gasteiger charge is 2.39. The Hall–Kier alpha value is -2.15. The van der Waals surface area contributed by atoms with E-state index in [-0.39, 0.29) is 17.0 Å². The van der Waals surface area contributed by atoms with Gasteiger partial charge in [-0.3, -0.25) is 14.8 Å². The van der Waals surface area contributed by atoms with Gasteiger partial charge in [-0.15, -0.1) is 0 Å². The van der Waals surface area contributed by atoms with Crippen LogP contribution >= 0.6 is 11.8 Å². The van der Waals surface area contributed by atoms with E-state index in [0.717, 1.165) is 17.5 Å². The molecule has 25 heavy (non-hydrogen) atoms. The number of rotatable bonds is 4. The van der Waals surface area contributed by atoms with Gasteiger partial charge in [-0.05, 0) is 30.5 Å². The smallest absolute Gasteiger partial charge is 0.191 e. The quantitative estimate of drug-likeness (QED) is 0.843. The highest BCUT2D eigenvalue weighted by Crippen LogP contribution is 2.44. The van der Waals surface area contributed by atoms with Gasteiger partial charge in [0.2, 0.25) is 0 Å². The van der Waals surface area contributed by atoms with Crippen molar-refractivity contribution >= 4 is 22.7 Å². The first-order valence-electron chi connectivity index (χ1n) is 8.11. The average molecular weight is 358 g/mol. The van der Waals surface area contributed by atoms with Gasteiger partial charge in [-0.25, -0.2) is 4.98 Å². The largest absolute Gasteiger partial charge is 0.449 e. The van der Waals surface area contributed by atoms with Crippen molar-refractivity contribution in [1.82, 2.24) is 9.97 Å². The molecule has 1 aliphatic heterocycles. The number of aromatic nitrogens is 2. The number of aryl methyl sites for hydroxylation is 1. The highest BCUT2D eigenvalue weighted by molar-refractivity contribution is 8.15. The summed E-state index contributed by atoms with van der Waals surface area (Å²) in [4.78, 5) is 25.4. The molecule has 0 spiro atoms. The number of nitrogens with two attached hydrogens (primary N) is 1. The molecule has 0 saturated heterocycles. The van der Waals surface area contributed by atoms with Gasteiger partial charge in [0.25, 0.3) is 0 Å². The van der Waals surface area contributed by atoms with Gasteiger partial charge in [0, 0.05) is 30.5 Å². The van der Waals surface area contributed by atoms with E-state index in [1.807, 2.05) is 6.07 Å². The molecule has 2 N–H and O–H groups in total. The predicted octanol–water partition coefficient (Wildman–Crippen LogP) is 3.25. The van der Waals surface area contributed by atoms with E-state index < -0.39 is 5.54 Å². The van der Waals surface area contributed by atoms with Crippen LogP contribution < -0.4 is 5.73 Å². The lowest BCUT2D eigenvalue weighted by Gasteiger charge is -2.39. The minimum Gasteiger partial charge on any atom is -0.449 e. The topological polar surface area (TPSA) is 94.4 Å². The molecule has 0 amide bonds. The van der Waals surface area contributed by atoms with E-state index in [2.05, 4.69) is 35.7 Å². The maximum atomic E-state index is 12.3. The summed E-state index contributed by atoms with van der Waals surface area (Å²) in [5.41, 5.74) is 7.72. The fourth-order valence-electron chi connectivity index (χ4n) is 3.27. The Bertz CT molecular complexity index is 843. The number of hydrogen-bond acceptors (Lipinski definition) is 7. The Morgan fingerprint density at radius 2 is 2.12 bits per heavy atom.